The van der Waals surface area contributed by atoms with Crippen LogP contribution in [-0.2, 0) is 16.1 Å². The van der Waals surface area contributed by atoms with Gasteiger partial charge in [-0.2, -0.15) is 0 Å². The largest absolute Gasteiger partial charge is 0.493 e. The molecule has 0 saturated carbocycles. The van der Waals surface area contributed by atoms with Crippen molar-refractivity contribution in [2.45, 2.75) is 6.61 Å². The zero-order valence-electron chi connectivity index (χ0n) is 15.6. The summed E-state index contributed by atoms with van der Waals surface area (Å²) in [5.74, 6) is 1.98. The molecule has 0 atom stereocenters. The molecule has 1 heterocycles. The first-order valence-corrected chi connectivity index (χ1v) is 8.66. The van der Waals surface area contributed by atoms with E-state index in [0.29, 0.717) is 44.9 Å². The lowest BCUT2D eigenvalue weighted by molar-refractivity contribution is -0.138. The SMILES string of the molecule is COc1cc(/C=C/C(=O)OCc2cc(Cl)c3c(c2)OCO3)cc(OC)c1OC. The Morgan fingerprint density at radius 2 is 1.79 bits per heavy atom. The summed E-state index contributed by atoms with van der Waals surface area (Å²) >= 11 is 6.12. The van der Waals surface area contributed by atoms with Gasteiger partial charge < -0.3 is 28.4 Å². The van der Waals surface area contributed by atoms with Crippen LogP contribution >= 0.6 is 11.6 Å². The Hall–Kier alpha value is -3.06. The van der Waals surface area contributed by atoms with Crippen LogP contribution in [-0.4, -0.2) is 34.1 Å². The topological polar surface area (TPSA) is 72.5 Å². The lowest BCUT2D eigenvalue weighted by Crippen LogP contribution is -2.01. The third-order valence-corrected chi connectivity index (χ3v) is 4.25. The minimum atomic E-state index is -0.512. The van der Waals surface area contributed by atoms with Crippen molar-refractivity contribution in [1.29, 1.82) is 0 Å². The lowest BCUT2D eigenvalue weighted by Gasteiger charge is -2.12. The van der Waals surface area contributed by atoms with E-state index in [1.165, 1.54) is 27.4 Å². The summed E-state index contributed by atoms with van der Waals surface area (Å²) in [6.45, 7) is 0.171. The Labute approximate surface area is 167 Å². The van der Waals surface area contributed by atoms with Crippen molar-refractivity contribution in [1.82, 2.24) is 0 Å². The highest BCUT2D eigenvalue weighted by molar-refractivity contribution is 6.32. The van der Waals surface area contributed by atoms with E-state index in [0.717, 1.165) is 0 Å². The zero-order valence-corrected chi connectivity index (χ0v) is 16.4. The fourth-order valence-electron chi connectivity index (χ4n) is 2.67. The van der Waals surface area contributed by atoms with E-state index in [1.807, 2.05) is 0 Å². The Morgan fingerprint density at radius 3 is 2.43 bits per heavy atom. The second-order valence-corrected chi connectivity index (χ2v) is 6.12. The van der Waals surface area contributed by atoms with Crippen molar-refractivity contribution < 1.29 is 33.2 Å². The molecule has 0 unspecified atom stereocenters. The molecule has 0 aromatic heterocycles. The predicted molar refractivity (Wildman–Crippen MR) is 103 cm³/mol. The van der Waals surface area contributed by atoms with Crippen LogP contribution in [0.4, 0.5) is 0 Å². The van der Waals surface area contributed by atoms with Crippen molar-refractivity contribution in [2.75, 3.05) is 28.1 Å². The summed E-state index contributed by atoms with van der Waals surface area (Å²) in [5, 5.41) is 0.411. The number of esters is 1. The van der Waals surface area contributed by atoms with E-state index in [2.05, 4.69) is 0 Å². The van der Waals surface area contributed by atoms with Crippen LogP contribution in [0, 0.1) is 0 Å². The maximum atomic E-state index is 12.1. The smallest absolute Gasteiger partial charge is 0.331 e. The molecule has 28 heavy (non-hydrogen) atoms. The number of benzene rings is 2. The summed E-state index contributed by atoms with van der Waals surface area (Å²) in [5.41, 5.74) is 1.39. The first kappa shape index (κ1) is 19.7. The predicted octanol–water partition coefficient (Wildman–Crippen LogP) is 3.85. The second kappa shape index (κ2) is 8.75. The van der Waals surface area contributed by atoms with Crippen molar-refractivity contribution in [2.24, 2.45) is 0 Å². The lowest BCUT2D eigenvalue weighted by atomic mass is 10.1. The molecule has 8 heteroatoms. The van der Waals surface area contributed by atoms with Crippen LogP contribution in [0.1, 0.15) is 11.1 Å². The van der Waals surface area contributed by atoms with Gasteiger partial charge in [0.15, 0.2) is 23.0 Å². The maximum Gasteiger partial charge on any atom is 0.331 e. The summed E-state index contributed by atoms with van der Waals surface area (Å²) in [7, 11) is 4.57. The summed E-state index contributed by atoms with van der Waals surface area (Å²) < 4.78 is 31.7. The zero-order chi connectivity index (χ0) is 20.1. The van der Waals surface area contributed by atoms with E-state index in [-0.39, 0.29) is 13.4 Å². The molecule has 2 aromatic rings. The van der Waals surface area contributed by atoms with Gasteiger partial charge in [-0.05, 0) is 41.5 Å². The normalized spacial score (nSPS) is 12.1. The number of halogens is 1. The fraction of sp³-hybridized carbons (Fsp3) is 0.250. The molecule has 148 valence electrons. The number of carbonyl (C=O) groups is 1. The van der Waals surface area contributed by atoms with Gasteiger partial charge in [-0.25, -0.2) is 4.79 Å². The molecular formula is C20H19ClO7. The summed E-state index contributed by atoms with van der Waals surface area (Å²) in [4.78, 5) is 12.1. The van der Waals surface area contributed by atoms with Crippen molar-refractivity contribution >= 4 is 23.6 Å². The Morgan fingerprint density at radius 1 is 1.07 bits per heavy atom. The van der Waals surface area contributed by atoms with Gasteiger partial charge in [0.2, 0.25) is 12.5 Å². The quantitative estimate of drug-likeness (QED) is 0.510. The van der Waals surface area contributed by atoms with Crippen LogP contribution in [0.2, 0.25) is 5.02 Å². The molecule has 7 nitrogen and oxygen atoms in total. The number of fused-ring (bicyclic) bond motifs is 1. The molecule has 0 bridgehead atoms. The number of hydrogen-bond donors (Lipinski definition) is 0. The maximum absolute atomic E-state index is 12.1. The standard InChI is InChI=1S/C20H19ClO7/c1-23-15-7-12(8-16(24-2)20(15)25-3)4-5-18(22)26-10-13-6-14(21)19-17(9-13)27-11-28-19/h4-9H,10-11H2,1-3H3/b5-4+. The van der Waals surface area contributed by atoms with Gasteiger partial charge in [-0.3, -0.25) is 0 Å². The molecule has 0 N–H and O–H groups in total. The Bertz CT molecular complexity index is 883. The molecule has 0 saturated heterocycles. The monoisotopic (exact) mass is 406 g/mol. The molecule has 0 spiro atoms. The third kappa shape index (κ3) is 4.26. The molecule has 2 aromatic carbocycles. The minimum absolute atomic E-state index is 0.0504. The van der Waals surface area contributed by atoms with Crippen LogP contribution in [0.5, 0.6) is 28.7 Å². The van der Waals surface area contributed by atoms with Gasteiger partial charge in [0, 0.05) is 6.08 Å². The molecular weight excluding hydrogens is 388 g/mol. The summed E-state index contributed by atoms with van der Waals surface area (Å²) in [6, 6.07) is 6.85. The van der Waals surface area contributed by atoms with Crippen molar-refractivity contribution in [3.8, 4) is 28.7 Å². The molecule has 1 aliphatic rings. The van der Waals surface area contributed by atoms with Gasteiger partial charge in [0.25, 0.3) is 0 Å². The van der Waals surface area contributed by atoms with Gasteiger partial charge in [0.1, 0.15) is 6.61 Å². The number of rotatable bonds is 7. The van der Waals surface area contributed by atoms with Crippen LogP contribution in [0.15, 0.2) is 30.3 Å². The van der Waals surface area contributed by atoms with Crippen LogP contribution in [0.3, 0.4) is 0 Å². The fourth-order valence-corrected chi connectivity index (χ4v) is 2.96. The molecule has 0 radical (unpaired) electrons. The molecule has 0 amide bonds. The molecule has 0 aliphatic carbocycles. The molecule has 0 fully saturated rings. The number of ether oxygens (including phenoxy) is 6. The first-order chi connectivity index (χ1) is 13.5. The van der Waals surface area contributed by atoms with E-state index < -0.39 is 5.97 Å². The number of hydrogen-bond acceptors (Lipinski definition) is 7. The second-order valence-electron chi connectivity index (χ2n) is 5.71. The number of carbonyl (C=O) groups excluding carboxylic acids is 1. The van der Waals surface area contributed by atoms with Crippen LogP contribution < -0.4 is 23.7 Å². The Kier molecular flexibility index (Phi) is 6.16. The highest BCUT2D eigenvalue weighted by Gasteiger charge is 2.18. The van der Waals surface area contributed by atoms with Gasteiger partial charge >= 0.3 is 5.97 Å². The first-order valence-electron chi connectivity index (χ1n) is 8.28. The molecule has 3 rings (SSSR count). The Balaban J connectivity index is 1.67. The van der Waals surface area contributed by atoms with Gasteiger partial charge in [0.05, 0.1) is 26.4 Å². The van der Waals surface area contributed by atoms with E-state index in [9.17, 15) is 4.79 Å². The van der Waals surface area contributed by atoms with E-state index in [1.54, 1.807) is 30.3 Å². The molecule has 1 aliphatic heterocycles. The van der Waals surface area contributed by atoms with Crippen molar-refractivity contribution in [3.05, 3.63) is 46.5 Å². The summed E-state index contributed by atoms with van der Waals surface area (Å²) in [6.07, 6.45) is 2.91. The van der Waals surface area contributed by atoms with Gasteiger partial charge in [-0.15, -0.1) is 0 Å². The average molecular weight is 407 g/mol. The highest BCUT2D eigenvalue weighted by atomic mass is 35.5. The minimum Gasteiger partial charge on any atom is -0.493 e. The van der Waals surface area contributed by atoms with E-state index >= 15 is 0 Å². The average Bonchev–Trinajstić information content (AvgIpc) is 3.19. The third-order valence-electron chi connectivity index (χ3n) is 3.97. The van der Waals surface area contributed by atoms with Crippen molar-refractivity contribution in [3.63, 3.8) is 0 Å². The van der Waals surface area contributed by atoms with Crippen LogP contribution in [0.25, 0.3) is 6.08 Å². The number of methoxy groups -OCH3 is 3. The highest BCUT2D eigenvalue weighted by Crippen LogP contribution is 2.40. The van der Waals surface area contributed by atoms with Gasteiger partial charge in [-0.1, -0.05) is 11.6 Å². The van der Waals surface area contributed by atoms with E-state index in [4.69, 9.17) is 40.0 Å².